The van der Waals surface area contributed by atoms with Gasteiger partial charge < -0.3 is 14.4 Å². The zero-order valence-electron chi connectivity index (χ0n) is 19.5. The average molecular weight is 530 g/mol. The van der Waals surface area contributed by atoms with Crippen molar-refractivity contribution in [2.75, 3.05) is 45.1 Å². The first-order valence-corrected chi connectivity index (χ1v) is 13.9. The molecule has 2 amide bonds. The third kappa shape index (κ3) is 5.91. The van der Waals surface area contributed by atoms with Gasteiger partial charge in [-0.25, -0.2) is 23.0 Å². The number of sulfonamides is 1. The maximum Gasteiger partial charge on any atom is 0.410 e. The maximum atomic E-state index is 13.4. The molecule has 0 spiro atoms. The quantitative estimate of drug-likeness (QED) is 0.428. The van der Waals surface area contributed by atoms with Crippen LogP contribution in [0.4, 0.5) is 4.79 Å². The van der Waals surface area contributed by atoms with Gasteiger partial charge >= 0.3 is 6.09 Å². The van der Waals surface area contributed by atoms with Gasteiger partial charge in [0.25, 0.3) is 5.91 Å². The fourth-order valence-electron chi connectivity index (χ4n) is 5.19. The van der Waals surface area contributed by atoms with Gasteiger partial charge in [-0.1, -0.05) is 29.8 Å². The first kappa shape index (κ1) is 26.2. The van der Waals surface area contributed by atoms with E-state index < -0.39 is 33.2 Å². The molecule has 0 aromatic heterocycles. The van der Waals surface area contributed by atoms with Crippen molar-refractivity contribution in [3.63, 3.8) is 0 Å². The van der Waals surface area contributed by atoms with Gasteiger partial charge in [0.2, 0.25) is 10.0 Å². The molecule has 1 unspecified atom stereocenters. The molecule has 3 saturated heterocycles. The van der Waals surface area contributed by atoms with Crippen LogP contribution in [0.3, 0.4) is 0 Å². The Labute approximate surface area is 210 Å². The minimum atomic E-state index is -3.79. The third-order valence-corrected chi connectivity index (χ3v) is 9.78. The number of halogens is 1. The Morgan fingerprint density at radius 2 is 1.83 bits per heavy atom. The van der Waals surface area contributed by atoms with E-state index in [0.29, 0.717) is 50.6 Å². The smallest absolute Gasteiger partial charge is 0.410 e. The van der Waals surface area contributed by atoms with Crippen LogP contribution in [0.1, 0.15) is 43.6 Å². The monoisotopic (exact) mass is 529 g/mol. The Morgan fingerprint density at radius 3 is 2.43 bits per heavy atom. The molecule has 10 nitrogen and oxygen atoms in total. The molecule has 3 fully saturated rings. The predicted molar refractivity (Wildman–Crippen MR) is 128 cm³/mol. The van der Waals surface area contributed by atoms with Gasteiger partial charge in [-0.2, -0.15) is 0 Å². The molecule has 0 aliphatic carbocycles. The van der Waals surface area contributed by atoms with E-state index in [9.17, 15) is 23.2 Å². The van der Waals surface area contributed by atoms with E-state index in [1.165, 1.54) is 9.21 Å². The van der Waals surface area contributed by atoms with Crippen molar-refractivity contribution in [3.05, 3.63) is 34.9 Å². The van der Waals surface area contributed by atoms with Crippen molar-refractivity contribution in [3.8, 4) is 0 Å². The lowest BCUT2D eigenvalue weighted by Crippen LogP contribution is -2.55. The summed E-state index contributed by atoms with van der Waals surface area (Å²) < 4.78 is 38.8. The highest BCUT2D eigenvalue weighted by Crippen LogP contribution is 2.37. The number of amides is 2. The number of nitrogens with zero attached hydrogens (tertiary/aromatic N) is 2. The summed E-state index contributed by atoms with van der Waals surface area (Å²) in [6.45, 7) is 1.88. The molecule has 3 heterocycles. The Kier molecular flexibility index (Phi) is 8.22. The van der Waals surface area contributed by atoms with Crippen molar-refractivity contribution in [1.82, 2.24) is 14.7 Å². The molecule has 0 saturated carbocycles. The van der Waals surface area contributed by atoms with Crippen LogP contribution in [-0.4, -0.2) is 86.1 Å². The second-order valence-corrected chi connectivity index (χ2v) is 11.9. The number of ether oxygens (including phenoxy) is 2. The Hall–Kier alpha value is -1.92. The molecule has 1 aromatic carbocycles. The van der Waals surface area contributed by atoms with Gasteiger partial charge in [0.15, 0.2) is 0 Å². The summed E-state index contributed by atoms with van der Waals surface area (Å²) in [6.07, 6.45) is 1.32. The van der Waals surface area contributed by atoms with E-state index in [2.05, 4.69) is 0 Å². The van der Waals surface area contributed by atoms with Gasteiger partial charge in [0.1, 0.15) is 6.10 Å². The minimum Gasteiger partial charge on any atom is -0.444 e. The van der Waals surface area contributed by atoms with E-state index in [0.717, 1.165) is 5.56 Å². The van der Waals surface area contributed by atoms with Crippen LogP contribution in [0.25, 0.3) is 0 Å². The van der Waals surface area contributed by atoms with Crippen molar-refractivity contribution >= 4 is 33.6 Å². The van der Waals surface area contributed by atoms with Gasteiger partial charge in [-0.15, -0.1) is 0 Å². The average Bonchev–Trinajstić information content (AvgIpc) is 3.37. The number of rotatable bonds is 6. The predicted octanol–water partition coefficient (Wildman–Crippen LogP) is 2.36. The number of hydrogen-bond acceptors (Lipinski definition) is 7. The molecule has 2 N–H and O–H groups in total. The minimum absolute atomic E-state index is 0.102. The summed E-state index contributed by atoms with van der Waals surface area (Å²) in [5.74, 6) is -1.00. The summed E-state index contributed by atoms with van der Waals surface area (Å²) in [7, 11) is -3.79. The Morgan fingerprint density at radius 1 is 1.14 bits per heavy atom. The van der Waals surface area contributed by atoms with Crippen molar-refractivity contribution in [2.24, 2.45) is 5.41 Å². The Balaban J connectivity index is 1.38. The summed E-state index contributed by atoms with van der Waals surface area (Å²) >= 11 is 6.32. The van der Waals surface area contributed by atoms with Crippen LogP contribution in [0.2, 0.25) is 5.02 Å². The van der Waals surface area contributed by atoms with Crippen LogP contribution < -0.4 is 5.48 Å². The number of benzene rings is 1. The van der Waals surface area contributed by atoms with Crippen molar-refractivity contribution < 1.29 is 32.7 Å². The lowest BCUT2D eigenvalue weighted by Gasteiger charge is -2.41. The van der Waals surface area contributed by atoms with Crippen LogP contribution in [0, 0.1) is 5.41 Å². The molecule has 0 bridgehead atoms. The highest BCUT2D eigenvalue weighted by molar-refractivity contribution is 7.89. The SMILES string of the molecule is O=C(OC1CCOC1)N1CCC(CS(=O)(=O)N2CCC(c3ccccc3Cl)CC2)(C(=O)NO)CC1. The molecular formula is C23H32ClN3O7S. The molecule has 35 heavy (non-hydrogen) atoms. The van der Waals surface area contributed by atoms with E-state index in [4.69, 9.17) is 21.1 Å². The Bertz CT molecular complexity index is 1020. The van der Waals surface area contributed by atoms with E-state index in [1.807, 2.05) is 24.3 Å². The maximum absolute atomic E-state index is 13.4. The molecule has 1 aromatic rings. The van der Waals surface area contributed by atoms with E-state index in [1.54, 1.807) is 5.48 Å². The highest BCUT2D eigenvalue weighted by atomic mass is 35.5. The molecule has 3 aliphatic rings. The van der Waals surface area contributed by atoms with Gasteiger partial charge in [-0.3, -0.25) is 10.0 Å². The second kappa shape index (κ2) is 11.0. The van der Waals surface area contributed by atoms with E-state index in [-0.39, 0.29) is 38.0 Å². The van der Waals surface area contributed by atoms with Gasteiger partial charge in [0.05, 0.1) is 24.4 Å². The van der Waals surface area contributed by atoms with Gasteiger partial charge in [-0.05, 0) is 43.2 Å². The first-order chi connectivity index (χ1) is 16.7. The fourth-order valence-corrected chi connectivity index (χ4v) is 7.55. The largest absolute Gasteiger partial charge is 0.444 e. The fraction of sp³-hybridized carbons (Fsp3) is 0.652. The number of hydroxylamine groups is 1. The topological polar surface area (TPSA) is 125 Å². The molecular weight excluding hydrogens is 498 g/mol. The molecule has 3 aliphatic heterocycles. The van der Waals surface area contributed by atoms with Gasteiger partial charge in [0, 0.05) is 37.6 Å². The zero-order valence-corrected chi connectivity index (χ0v) is 21.1. The lowest BCUT2D eigenvalue weighted by molar-refractivity contribution is -0.141. The standard InChI is InChI=1S/C23H32ClN3O7S/c24-20-4-2-1-3-19(20)17-5-10-27(11-6-17)35(31,32)16-23(21(28)25-30)8-12-26(13-9-23)22(29)34-18-7-14-33-15-18/h1-4,17-18,30H,5-16H2,(H,25,28). The molecule has 12 heteroatoms. The number of nitrogens with one attached hydrogen (secondary N) is 1. The molecule has 4 rings (SSSR count). The summed E-state index contributed by atoms with van der Waals surface area (Å²) in [6, 6.07) is 7.59. The van der Waals surface area contributed by atoms with Crippen LogP contribution in [0.5, 0.6) is 0 Å². The van der Waals surface area contributed by atoms with E-state index >= 15 is 0 Å². The van der Waals surface area contributed by atoms with Crippen molar-refractivity contribution in [1.29, 1.82) is 0 Å². The lowest BCUT2D eigenvalue weighted by atomic mass is 9.79. The summed E-state index contributed by atoms with van der Waals surface area (Å²) in [5, 5.41) is 10.1. The second-order valence-electron chi connectivity index (χ2n) is 9.53. The summed E-state index contributed by atoms with van der Waals surface area (Å²) in [5.41, 5.74) is 1.34. The van der Waals surface area contributed by atoms with Crippen LogP contribution >= 0.6 is 11.6 Å². The number of piperidine rings is 2. The first-order valence-electron chi connectivity index (χ1n) is 11.9. The molecule has 194 valence electrons. The zero-order chi connectivity index (χ0) is 25.1. The van der Waals surface area contributed by atoms with Crippen LogP contribution in [0.15, 0.2) is 24.3 Å². The van der Waals surface area contributed by atoms with Crippen LogP contribution in [-0.2, 0) is 24.3 Å². The molecule has 1 atom stereocenters. The number of likely N-dealkylation sites (tertiary alicyclic amines) is 1. The number of hydrogen-bond donors (Lipinski definition) is 2. The summed E-state index contributed by atoms with van der Waals surface area (Å²) in [4.78, 5) is 26.6. The number of carbonyl (C=O) groups is 2. The normalized spacial score (nSPS) is 23.7. The molecule has 0 radical (unpaired) electrons. The highest BCUT2D eigenvalue weighted by Gasteiger charge is 2.47. The van der Waals surface area contributed by atoms with Crippen molar-refractivity contribution in [2.45, 2.75) is 44.1 Å². The number of carbonyl (C=O) groups excluding carboxylic acids is 2. The third-order valence-electron chi connectivity index (χ3n) is 7.37.